The van der Waals surface area contributed by atoms with Gasteiger partial charge in [0.1, 0.15) is 5.75 Å². The summed E-state index contributed by atoms with van der Waals surface area (Å²) in [5.41, 5.74) is 1.22. The molecule has 5 heteroatoms. The number of carbonyl (C=O) groups is 1. The van der Waals surface area contributed by atoms with E-state index < -0.39 is 0 Å². The minimum atomic E-state index is -0.0852. The van der Waals surface area contributed by atoms with Crippen LogP contribution in [0.3, 0.4) is 0 Å². The fourth-order valence-electron chi connectivity index (χ4n) is 3.91. The minimum Gasteiger partial charge on any atom is -0.493 e. The third kappa shape index (κ3) is 1.63. The predicted molar refractivity (Wildman–Crippen MR) is 76.6 cm³/mol. The maximum atomic E-state index is 12.2. The molecule has 4 unspecified atom stereocenters. The second-order valence-electron chi connectivity index (χ2n) is 5.59. The molecular weight excluding hydrogens is 274 g/mol. The van der Waals surface area contributed by atoms with Gasteiger partial charge in [0.2, 0.25) is 0 Å². The number of thioether (sulfide) groups is 1. The summed E-state index contributed by atoms with van der Waals surface area (Å²) >= 11 is 1.91. The summed E-state index contributed by atoms with van der Waals surface area (Å²) in [6, 6.07) is 8.79. The van der Waals surface area contributed by atoms with Crippen molar-refractivity contribution in [2.45, 2.75) is 12.1 Å². The molecule has 0 amide bonds. The second kappa shape index (κ2) is 4.67. The van der Waals surface area contributed by atoms with Crippen molar-refractivity contribution in [3.63, 3.8) is 0 Å². The quantitative estimate of drug-likeness (QED) is 0.739. The third-order valence-corrected chi connectivity index (χ3v) is 5.79. The molecular formula is C15H17NO3S. The maximum Gasteiger partial charge on any atom is 0.310 e. The number of para-hydroxylation sites is 1. The summed E-state index contributed by atoms with van der Waals surface area (Å²) in [6.45, 7) is 0.610. The van der Waals surface area contributed by atoms with E-state index in [9.17, 15) is 4.79 Å². The van der Waals surface area contributed by atoms with Gasteiger partial charge in [-0.2, -0.15) is 0 Å². The van der Waals surface area contributed by atoms with E-state index in [1.165, 1.54) is 12.7 Å². The summed E-state index contributed by atoms with van der Waals surface area (Å²) in [5.74, 6) is 3.03. The minimum absolute atomic E-state index is 0.0617. The molecule has 4 nitrogen and oxygen atoms in total. The molecule has 4 rings (SSSR count). The summed E-state index contributed by atoms with van der Waals surface area (Å²) in [5, 5.41) is 0. The Kier molecular flexibility index (Phi) is 2.93. The molecule has 3 heterocycles. The average Bonchev–Trinajstić information content (AvgIpc) is 3.06. The van der Waals surface area contributed by atoms with Gasteiger partial charge in [-0.05, 0) is 6.07 Å². The number of hydrogen-bond donors (Lipinski definition) is 0. The van der Waals surface area contributed by atoms with Gasteiger partial charge in [0, 0.05) is 35.2 Å². The Hall–Kier alpha value is -1.20. The van der Waals surface area contributed by atoms with E-state index in [1.807, 2.05) is 30.0 Å². The van der Waals surface area contributed by atoms with Crippen LogP contribution in [0.4, 0.5) is 0 Å². The number of nitrogens with zero attached hydrogens (tertiary/aromatic N) is 1. The Morgan fingerprint density at radius 2 is 2.30 bits per heavy atom. The maximum absolute atomic E-state index is 12.2. The lowest BCUT2D eigenvalue weighted by Gasteiger charge is -2.33. The van der Waals surface area contributed by atoms with Crippen LogP contribution in [0, 0.1) is 11.8 Å². The van der Waals surface area contributed by atoms with Crippen LogP contribution >= 0.6 is 11.8 Å². The topological polar surface area (TPSA) is 38.8 Å². The summed E-state index contributed by atoms with van der Waals surface area (Å²) in [7, 11) is 1.49. The van der Waals surface area contributed by atoms with Crippen molar-refractivity contribution in [2.24, 2.45) is 11.8 Å². The van der Waals surface area contributed by atoms with Gasteiger partial charge in [-0.3, -0.25) is 9.69 Å². The predicted octanol–water partition coefficient (Wildman–Crippen LogP) is 1.91. The highest BCUT2D eigenvalue weighted by molar-refractivity contribution is 7.99. The number of fused-ring (bicyclic) bond motifs is 5. The largest absolute Gasteiger partial charge is 0.493 e. The Morgan fingerprint density at radius 1 is 1.45 bits per heavy atom. The zero-order chi connectivity index (χ0) is 13.7. The molecule has 3 aliphatic rings. The van der Waals surface area contributed by atoms with Gasteiger partial charge >= 0.3 is 5.97 Å². The Morgan fingerprint density at radius 3 is 3.15 bits per heavy atom. The third-order valence-electron chi connectivity index (χ3n) is 4.74. The Labute approximate surface area is 122 Å². The van der Waals surface area contributed by atoms with E-state index in [1.54, 1.807) is 0 Å². The van der Waals surface area contributed by atoms with Crippen molar-refractivity contribution in [1.82, 2.24) is 4.90 Å². The van der Waals surface area contributed by atoms with Gasteiger partial charge < -0.3 is 9.47 Å². The lowest BCUT2D eigenvalue weighted by molar-refractivity contribution is -0.147. The summed E-state index contributed by atoms with van der Waals surface area (Å²) in [6.07, 6.45) is 0. The number of methoxy groups -OCH3 is 1. The number of hydrogen-bond acceptors (Lipinski definition) is 5. The fraction of sp³-hybridized carbons (Fsp3) is 0.533. The molecule has 2 saturated heterocycles. The average molecular weight is 291 g/mol. The number of rotatable bonds is 1. The fourth-order valence-corrected chi connectivity index (χ4v) is 5.22. The molecule has 0 spiro atoms. The van der Waals surface area contributed by atoms with E-state index in [2.05, 4.69) is 11.0 Å². The monoisotopic (exact) mass is 291 g/mol. The highest BCUT2D eigenvalue weighted by atomic mass is 32.2. The van der Waals surface area contributed by atoms with Crippen molar-refractivity contribution >= 4 is 17.7 Å². The van der Waals surface area contributed by atoms with Gasteiger partial charge in [-0.1, -0.05) is 18.2 Å². The van der Waals surface area contributed by atoms with Crippen molar-refractivity contribution in [1.29, 1.82) is 0 Å². The van der Waals surface area contributed by atoms with Gasteiger partial charge in [-0.25, -0.2) is 0 Å². The molecule has 0 aliphatic carbocycles. The molecule has 1 aromatic carbocycles. The van der Waals surface area contributed by atoms with E-state index in [0.717, 1.165) is 17.4 Å². The van der Waals surface area contributed by atoms with E-state index in [0.29, 0.717) is 12.6 Å². The zero-order valence-electron chi connectivity index (χ0n) is 11.3. The van der Waals surface area contributed by atoms with Crippen molar-refractivity contribution in [3.8, 4) is 5.75 Å². The first-order valence-electron chi connectivity index (χ1n) is 6.94. The zero-order valence-corrected chi connectivity index (χ0v) is 12.1. The number of esters is 1. The van der Waals surface area contributed by atoms with Gasteiger partial charge in [0.25, 0.3) is 0 Å². The molecule has 1 aromatic rings. The molecule has 3 aliphatic heterocycles. The smallest absolute Gasteiger partial charge is 0.310 e. The van der Waals surface area contributed by atoms with Crippen LogP contribution in [0.25, 0.3) is 0 Å². The van der Waals surface area contributed by atoms with Crippen molar-refractivity contribution in [3.05, 3.63) is 29.8 Å². The first-order valence-corrected chi connectivity index (χ1v) is 8.10. The SMILES string of the molecule is COC(=O)C1C2COc3ccccc3C2N2CSCC12. The first kappa shape index (κ1) is 12.5. The van der Waals surface area contributed by atoms with Crippen molar-refractivity contribution < 1.29 is 14.3 Å². The highest BCUT2D eigenvalue weighted by Crippen LogP contribution is 2.53. The van der Waals surface area contributed by atoms with Crippen LogP contribution in [-0.2, 0) is 9.53 Å². The van der Waals surface area contributed by atoms with Gasteiger partial charge in [-0.15, -0.1) is 11.8 Å². The van der Waals surface area contributed by atoms with Crippen LogP contribution in [-0.4, -0.2) is 42.3 Å². The van der Waals surface area contributed by atoms with Crippen LogP contribution in [0.1, 0.15) is 11.6 Å². The molecule has 106 valence electrons. The molecule has 0 aromatic heterocycles. The molecule has 2 fully saturated rings. The molecule has 20 heavy (non-hydrogen) atoms. The number of ether oxygens (including phenoxy) is 2. The van der Waals surface area contributed by atoms with Crippen molar-refractivity contribution in [2.75, 3.05) is 25.3 Å². The number of benzene rings is 1. The standard InChI is InChI=1S/C15H17NO3S/c1-18-15(17)13-10-6-19-12-5-3-2-4-9(12)14(10)16-8-20-7-11(13)16/h2-5,10-11,13-14H,6-8H2,1H3. The van der Waals surface area contributed by atoms with Crippen LogP contribution in [0.2, 0.25) is 0 Å². The van der Waals surface area contributed by atoms with Crippen LogP contribution < -0.4 is 4.74 Å². The van der Waals surface area contributed by atoms with E-state index in [4.69, 9.17) is 9.47 Å². The molecule has 4 atom stereocenters. The summed E-state index contributed by atoms with van der Waals surface area (Å²) in [4.78, 5) is 14.7. The van der Waals surface area contributed by atoms with Gasteiger partial charge in [0.05, 0.1) is 19.6 Å². The molecule has 0 bridgehead atoms. The lowest BCUT2D eigenvalue weighted by Crippen LogP contribution is -2.35. The normalized spacial score (nSPS) is 34.9. The van der Waals surface area contributed by atoms with Crippen LogP contribution in [0.5, 0.6) is 5.75 Å². The Bertz CT molecular complexity index is 550. The molecule has 0 radical (unpaired) electrons. The Balaban J connectivity index is 1.78. The van der Waals surface area contributed by atoms with Crippen LogP contribution in [0.15, 0.2) is 24.3 Å². The first-order chi connectivity index (χ1) is 9.81. The summed E-state index contributed by atoms with van der Waals surface area (Å²) < 4.78 is 10.9. The number of carbonyl (C=O) groups excluding carboxylic acids is 1. The van der Waals surface area contributed by atoms with E-state index >= 15 is 0 Å². The molecule has 0 N–H and O–H groups in total. The molecule has 0 saturated carbocycles. The highest BCUT2D eigenvalue weighted by Gasteiger charge is 2.56. The second-order valence-corrected chi connectivity index (χ2v) is 6.59. The van der Waals surface area contributed by atoms with E-state index in [-0.39, 0.29) is 23.8 Å². The lowest BCUT2D eigenvalue weighted by atomic mass is 9.83. The van der Waals surface area contributed by atoms with Gasteiger partial charge in [0.15, 0.2) is 0 Å².